The molecule has 1 rings (SSSR count). The average molecular weight is 232 g/mol. The molecule has 0 aromatic heterocycles. The Morgan fingerprint density at radius 1 is 1.40 bits per heavy atom. The van der Waals surface area contributed by atoms with E-state index < -0.39 is 0 Å². The van der Waals surface area contributed by atoms with Crippen molar-refractivity contribution in [3.63, 3.8) is 0 Å². The smallest absolute Gasteiger partial charge is 0.0843 e. The minimum absolute atomic E-state index is 0. The van der Waals surface area contributed by atoms with Crippen molar-refractivity contribution in [2.45, 2.75) is 6.92 Å². The van der Waals surface area contributed by atoms with Gasteiger partial charge in [-0.25, -0.2) is 0 Å². The maximum atomic E-state index is 5.70. The van der Waals surface area contributed by atoms with E-state index in [1.54, 1.807) is 0 Å². The number of halogens is 2. The lowest BCUT2D eigenvalue weighted by Crippen LogP contribution is -1.72. The first-order valence-corrected chi connectivity index (χ1v) is 3.79. The molecule has 0 nitrogen and oxygen atoms in total. The summed E-state index contributed by atoms with van der Waals surface area (Å²) in [5, 5.41) is 0.788. The highest BCUT2D eigenvalue weighted by Crippen LogP contribution is 2.19. The van der Waals surface area contributed by atoms with E-state index in [0.717, 1.165) is 9.50 Å². The summed E-state index contributed by atoms with van der Waals surface area (Å²) >= 11 is 9.07. The van der Waals surface area contributed by atoms with Crippen LogP contribution in [0.1, 0.15) is 5.56 Å². The van der Waals surface area contributed by atoms with E-state index in [2.05, 4.69) is 15.9 Å². The highest BCUT2D eigenvalue weighted by Gasteiger charge is 1.92. The standard InChI is InChI=1S/C7H6BrCl.Mg.2H/c1-5-4-6(9)2-3-7(5)8;;;/h2-4H,1H3;;;. The molecule has 0 heterocycles. The quantitative estimate of drug-likeness (QED) is 0.602. The van der Waals surface area contributed by atoms with Gasteiger partial charge in [-0.05, 0) is 30.7 Å². The third-order valence-corrected chi connectivity index (χ3v) is 2.24. The van der Waals surface area contributed by atoms with Gasteiger partial charge in [-0.15, -0.1) is 0 Å². The second-order valence-corrected chi connectivity index (χ2v) is 3.18. The molecule has 0 saturated heterocycles. The van der Waals surface area contributed by atoms with Crippen LogP contribution in [0.4, 0.5) is 0 Å². The molecule has 1 aromatic carbocycles. The van der Waals surface area contributed by atoms with Gasteiger partial charge in [0.1, 0.15) is 0 Å². The van der Waals surface area contributed by atoms with Crippen molar-refractivity contribution < 1.29 is 0 Å². The van der Waals surface area contributed by atoms with Gasteiger partial charge in [0.05, 0.1) is 0 Å². The van der Waals surface area contributed by atoms with Crippen LogP contribution in [0.25, 0.3) is 0 Å². The fraction of sp³-hybridized carbons (Fsp3) is 0.143. The second kappa shape index (κ2) is 4.60. The van der Waals surface area contributed by atoms with Gasteiger partial charge in [0.15, 0.2) is 0 Å². The predicted octanol–water partition coefficient (Wildman–Crippen LogP) is 2.49. The van der Waals surface area contributed by atoms with Gasteiger partial charge in [-0.2, -0.15) is 0 Å². The molecule has 3 heteroatoms. The third-order valence-electron chi connectivity index (χ3n) is 1.12. The minimum atomic E-state index is 0. The highest BCUT2D eigenvalue weighted by atomic mass is 79.9. The van der Waals surface area contributed by atoms with E-state index in [4.69, 9.17) is 11.6 Å². The van der Waals surface area contributed by atoms with E-state index >= 15 is 0 Å². The molecule has 0 spiro atoms. The van der Waals surface area contributed by atoms with Crippen LogP contribution in [0.15, 0.2) is 22.7 Å². The Morgan fingerprint density at radius 2 is 2.00 bits per heavy atom. The summed E-state index contributed by atoms with van der Waals surface area (Å²) in [5.74, 6) is 0. The van der Waals surface area contributed by atoms with Crippen molar-refractivity contribution in [3.05, 3.63) is 33.3 Å². The lowest BCUT2D eigenvalue weighted by molar-refractivity contribution is 1.43. The van der Waals surface area contributed by atoms with Crippen molar-refractivity contribution in [2.24, 2.45) is 0 Å². The number of rotatable bonds is 0. The van der Waals surface area contributed by atoms with Crippen LogP contribution in [0, 0.1) is 6.92 Å². The van der Waals surface area contributed by atoms with Gasteiger partial charge in [0.2, 0.25) is 0 Å². The van der Waals surface area contributed by atoms with Crippen LogP contribution < -0.4 is 0 Å². The Morgan fingerprint density at radius 3 is 2.40 bits per heavy atom. The molecule has 0 aliphatic heterocycles. The fourth-order valence-electron chi connectivity index (χ4n) is 0.608. The van der Waals surface area contributed by atoms with Crippen molar-refractivity contribution >= 4 is 50.6 Å². The summed E-state index contributed by atoms with van der Waals surface area (Å²) in [6.45, 7) is 2.01. The average Bonchev–Trinajstić information content (AvgIpc) is 1.80. The van der Waals surface area contributed by atoms with Crippen molar-refractivity contribution in [3.8, 4) is 0 Å². The molecular formula is C7H8BrClMg. The maximum Gasteiger partial charge on any atom is 0.316 e. The van der Waals surface area contributed by atoms with E-state index in [9.17, 15) is 0 Å². The van der Waals surface area contributed by atoms with Gasteiger partial charge in [-0.1, -0.05) is 27.5 Å². The lowest BCUT2D eigenvalue weighted by atomic mass is 10.2. The molecule has 0 radical (unpaired) electrons. The highest BCUT2D eigenvalue weighted by molar-refractivity contribution is 9.10. The summed E-state index contributed by atoms with van der Waals surface area (Å²) in [4.78, 5) is 0. The molecule has 0 unspecified atom stereocenters. The molecule has 0 bridgehead atoms. The molecule has 0 amide bonds. The maximum absolute atomic E-state index is 5.70. The fourth-order valence-corrected chi connectivity index (χ4v) is 1.08. The molecule has 0 N–H and O–H groups in total. The monoisotopic (exact) mass is 230 g/mol. The van der Waals surface area contributed by atoms with E-state index in [-0.39, 0.29) is 23.1 Å². The Kier molecular flexibility index (Phi) is 4.94. The summed E-state index contributed by atoms with van der Waals surface area (Å²) < 4.78 is 1.10. The van der Waals surface area contributed by atoms with E-state index in [1.807, 2.05) is 25.1 Å². The Balaban J connectivity index is 0.000000810. The summed E-state index contributed by atoms with van der Waals surface area (Å²) in [5.41, 5.74) is 1.17. The molecule has 0 atom stereocenters. The summed E-state index contributed by atoms with van der Waals surface area (Å²) in [6.07, 6.45) is 0. The van der Waals surface area contributed by atoms with Crippen LogP contribution in [-0.2, 0) is 0 Å². The van der Waals surface area contributed by atoms with Crippen molar-refractivity contribution in [1.29, 1.82) is 0 Å². The number of aryl methyl sites for hydroxylation is 1. The molecule has 0 aliphatic rings. The zero-order valence-electron chi connectivity index (χ0n) is 4.99. The van der Waals surface area contributed by atoms with E-state index in [1.165, 1.54) is 5.56 Å². The Hall–Kier alpha value is 0.756. The van der Waals surface area contributed by atoms with Gasteiger partial charge in [-0.3, -0.25) is 0 Å². The van der Waals surface area contributed by atoms with E-state index in [0.29, 0.717) is 0 Å². The summed E-state index contributed by atoms with van der Waals surface area (Å²) in [7, 11) is 0. The van der Waals surface area contributed by atoms with Gasteiger partial charge >= 0.3 is 23.1 Å². The van der Waals surface area contributed by atoms with Gasteiger partial charge < -0.3 is 0 Å². The van der Waals surface area contributed by atoms with Crippen LogP contribution in [0.2, 0.25) is 5.02 Å². The molecule has 0 fully saturated rings. The zero-order valence-corrected chi connectivity index (χ0v) is 7.33. The lowest BCUT2D eigenvalue weighted by Gasteiger charge is -1.95. The first kappa shape index (κ1) is 10.8. The predicted molar refractivity (Wildman–Crippen MR) is 52.4 cm³/mol. The van der Waals surface area contributed by atoms with Crippen molar-refractivity contribution in [2.75, 3.05) is 0 Å². The molecule has 0 aliphatic carbocycles. The Labute approximate surface area is 90.2 Å². The number of hydrogen-bond donors (Lipinski definition) is 0. The molecule has 0 saturated carbocycles. The molecular weight excluding hydrogens is 224 g/mol. The zero-order chi connectivity index (χ0) is 6.85. The van der Waals surface area contributed by atoms with Crippen molar-refractivity contribution in [1.82, 2.24) is 0 Å². The topological polar surface area (TPSA) is 0 Å². The first-order chi connectivity index (χ1) is 4.20. The minimum Gasteiger partial charge on any atom is -0.0843 e. The number of benzene rings is 1. The largest absolute Gasteiger partial charge is 0.316 e. The van der Waals surface area contributed by atoms with Crippen LogP contribution in [0.5, 0.6) is 0 Å². The SMILES string of the molecule is Cc1cc(Cl)ccc1Br.[MgH2]. The normalized spacial score (nSPS) is 8.70. The second-order valence-electron chi connectivity index (χ2n) is 1.89. The third kappa shape index (κ3) is 2.78. The Bertz CT molecular complexity index is 225. The van der Waals surface area contributed by atoms with Gasteiger partial charge in [0, 0.05) is 9.50 Å². The van der Waals surface area contributed by atoms with Crippen LogP contribution >= 0.6 is 27.5 Å². The first-order valence-electron chi connectivity index (χ1n) is 2.62. The van der Waals surface area contributed by atoms with Crippen LogP contribution in [0.3, 0.4) is 0 Å². The molecule has 1 aromatic rings. The molecule has 52 valence electrons. The molecule has 10 heavy (non-hydrogen) atoms. The summed E-state index contributed by atoms with van der Waals surface area (Å²) in [6, 6.07) is 5.72. The van der Waals surface area contributed by atoms with Gasteiger partial charge in [0.25, 0.3) is 0 Å². The number of hydrogen-bond acceptors (Lipinski definition) is 0. The van der Waals surface area contributed by atoms with Crippen LogP contribution in [-0.4, -0.2) is 23.1 Å².